The second-order valence-corrected chi connectivity index (χ2v) is 18.8. The number of aromatic amines is 1. The third-order valence-electron chi connectivity index (χ3n) is 9.36. The van der Waals surface area contributed by atoms with Gasteiger partial charge in [-0.2, -0.15) is 16.8 Å². The second kappa shape index (κ2) is 19.5. The zero-order valence-electron chi connectivity index (χ0n) is 34.4. The fraction of sp³-hybridized carbons (Fsp3) is 0.125. The van der Waals surface area contributed by atoms with Crippen LogP contribution in [0, 0.1) is 6.92 Å². The Morgan fingerprint density at radius 1 is 0.791 bits per heavy atom. The fourth-order valence-electron chi connectivity index (χ4n) is 6.29. The molecule has 0 aliphatic rings. The van der Waals surface area contributed by atoms with Crippen LogP contribution in [0.15, 0.2) is 130 Å². The second-order valence-electron chi connectivity index (χ2n) is 13.9. The number of carboxylic acid groups (broad SMARTS) is 2. The molecule has 23 nitrogen and oxygen atoms in total. The van der Waals surface area contributed by atoms with E-state index in [0.717, 1.165) is 28.9 Å². The number of aromatic nitrogens is 4. The average Bonchev–Trinajstić information content (AvgIpc) is 3.89. The summed E-state index contributed by atoms with van der Waals surface area (Å²) in [5.74, 6) is -4.04. The largest absolute Gasteiger partial charge is 0.505 e. The van der Waals surface area contributed by atoms with Gasteiger partial charge in [0.2, 0.25) is 0 Å². The number of azo groups is 3. The number of nitrogens with zero attached hydrogens (tertiary/aromatic N) is 9. The Kier molecular flexibility index (Phi) is 13.8. The number of aryl methyl sites for hydroxylation is 1. The van der Waals surface area contributed by atoms with Gasteiger partial charge in [-0.05, 0) is 67.6 Å². The first-order valence-electron chi connectivity index (χ1n) is 18.9. The van der Waals surface area contributed by atoms with Crippen LogP contribution in [0.25, 0.3) is 27.7 Å². The Bertz CT molecular complexity index is 3450. The molecule has 0 radical (unpaired) electrons. The molecular weight excluding hydrogens is 957 g/mol. The molecule has 0 bridgehead atoms. The van der Waals surface area contributed by atoms with Gasteiger partial charge in [0, 0.05) is 22.4 Å². The normalized spacial score (nSPS) is 12.2. The van der Waals surface area contributed by atoms with Crippen LogP contribution in [0.2, 0.25) is 0 Å². The van der Waals surface area contributed by atoms with E-state index < -0.39 is 76.6 Å². The minimum absolute atomic E-state index is 0.0210. The number of fused-ring (bicyclic) bond motifs is 1. The number of H-pyrrole nitrogens is 1. The molecule has 0 fully saturated rings. The van der Waals surface area contributed by atoms with Crippen LogP contribution in [0.4, 0.5) is 33.6 Å². The number of carbonyl (C=O) groups is 2. The van der Waals surface area contributed by atoms with Gasteiger partial charge in [-0.3, -0.25) is 19.0 Å². The number of hydrogen-bond donors (Lipinski definition) is 6. The Hall–Kier alpha value is -7.56. The molecular formula is C40H32N10O13S4. The molecule has 0 aliphatic heterocycles. The topological polar surface area (TPSA) is 351 Å². The average molecular weight is 989 g/mol. The molecule has 2 heterocycles. The van der Waals surface area contributed by atoms with Gasteiger partial charge in [0.15, 0.2) is 15.8 Å². The summed E-state index contributed by atoms with van der Waals surface area (Å²) in [7, 11) is -9.44. The highest BCUT2D eigenvalue weighted by atomic mass is 32.2. The lowest BCUT2D eigenvalue weighted by atomic mass is 10.1. The van der Waals surface area contributed by atoms with Gasteiger partial charge in [-0.25, -0.2) is 14.3 Å². The molecule has 5 aromatic carbocycles. The molecule has 0 saturated carbocycles. The summed E-state index contributed by atoms with van der Waals surface area (Å²) in [5, 5.41) is 66.1. The number of phenols is 1. The minimum atomic E-state index is -5.16. The van der Waals surface area contributed by atoms with E-state index in [2.05, 4.69) is 46.0 Å². The third kappa shape index (κ3) is 10.9. The highest BCUT2D eigenvalue weighted by molar-refractivity contribution is 8.00. The van der Waals surface area contributed by atoms with Crippen molar-refractivity contribution >= 4 is 99.6 Å². The van der Waals surface area contributed by atoms with E-state index in [4.69, 9.17) is 9.29 Å². The van der Waals surface area contributed by atoms with E-state index in [1.807, 2.05) is 6.26 Å². The van der Waals surface area contributed by atoms with E-state index in [-0.39, 0.29) is 57.4 Å². The number of thioether (sulfide) groups is 1. The summed E-state index contributed by atoms with van der Waals surface area (Å²) < 4.78 is 75.5. The van der Waals surface area contributed by atoms with E-state index in [1.165, 1.54) is 53.4 Å². The van der Waals surface area contributed by atoms with E-state index >= 15 is 0 Å². The highest BCUT2D eigenvalue weighted by Crippen LogP contribution is 2.43. The molecule has 2 aromatic heterocycles. The summed E-state index contributed by atoms with van der Waals surface area (Å²) in [4.78, 5) is 36.8. The Morgan fingerprint density at radius 3 is 2.07 bits per heavy atom. The molecule has 0 unspecified atom stereocenters. The molecule has 67 heavy (non-hydrogen) atoms. The number of aromatic hydroxyl groups is 1. The van der Waals surface area contributed by atoms with Gasteiger partial charge in [0.1, 0.15) is 27.7 Å². The van der Waals surface area contributed by atoms with Gasteiger partial charge in [-0.15, -0.1) is 40.9 Å². The molecule has 0 saturated heterocycles. The lowest BCUT2D eigenvalue weighted by molar-refractivity contribution is 0.0696. The van der Waals surface area contributed by atoms with Gasteiger partial charge in [0.25, 0.3) is 30.9 Å². The van der Waals surface area contributed by atoms with Crippen molar-refractivity contribution < 1.29 is 55.6 Å². The van der Waals surface area contributed by atoms with Crippen molar-refractivity contribution in [3.05, 3.63) is 112 Å². The van der Waals surface area contributed by atoms with Crippen molar-refractivity contribution in [3.8, 4) is 28.4 Å². The van der Waals surface area contributed by atoms with Gasteiger partial charge >= 0.3 is 11.9 Å². The molecule has 344 valence electrons. The number of aromatic carboxylic acids is 2. The number of hydrogen-bond acceptors (Lipinski definition) is 19. The standard InChI is InChI=1S/C40H32N10O13S4/c1-20-15-30(31(63-13-6-14-66(57,58)59)19-29(20)43-46-39-47-48-40(64-2)65-39)44-41-27-11-10-26-25(34(27)51)9-12-28(35(26)67(60,61)62)42-45-33-32(21-7-4-3-5-8-21)49-50(36(33)52)24-17-22(37(53)54)16-23(18-24)38(55)56/h3-5,7-12,15-19,49,51H,6,13-14H2,1-2H3,(H,53,54)(H,55,56)(H,57,58,59)(H,60,61,62). The lowest BCUT2D eigenvalue weighted by Crippen LogP contribution is -2.16. The van der Waals surface area contributed by atoms with Crippen molar-refractivity contribution in [2.45, 2.75) is 22.6 Å². The van der Waals surface area contributed by atoms with Crippen molar-refractivity contribution in [1.29, 1.82) is 0 Å². The van der Waals surface area contributed by atoms with Gasteiger partial charge in [0.05, 0.1) is 40.6 Å². The molecule has 0 atom stereocenters. The fourth-order valence-corrected chi connectivity index (χ4v) is 8.68. The quantitative estimate of drug-likeness (QED) is 0.0214. The summed E-state index contributed by atoms with van der Waals surface area (Å²) in [6.07, 6.45) is 1.73. The lowest BCUT2D eigenvalue weighted by Gasteiger charge is -2.11. The zero-order valence-corrected chi connectivity index (χ0v) is 37.6. The number of carboxylic acids is 2. The van der Waals surface area contributed by atoms with Crippen molar-refractivity contribution in [1.82, 2.24) is 20.0 Å². The van der Waals surface area contributed by atoms with Crippen molar-refractivity contribution in [2.75, 3.05) is 18.6 Å². The first-order valence-corrected chi connectivity index (χ1v) is 24.0. The van der Waals surface area contributed by atoms with Gasteiger partial charge in [-0.1, -0.05) is 59.5 Å². The Morgan fingerprint density at radius 2 is 1.43 bits per heavy atom. The van der Waals surface area contributed by atoms with Crippen molar-refractivity contribution in [3.63, 3.8) is 0 Å². The molecule has 0 amide bonds. The van der Waals surface area contributed by atoms with Crippen LogP contribution >= 0.6 is 23.1 Å². The Labute approximate surface area is 385 Å². The highest BCUT2D eigenvalue weighted by Gasteiger charge is 2.24. The number of ether oxygens (including phenoxy) is 1. The zero-order chi connectivity index (χ0) is 48.2. The summed E-state index contributed by atoms with van der Waals surface area (Å²) >= 11 is 2.59. The molecule has 7 aromatic rings. The predicted molar refractivity (Wildman–Crippen MR) is 243 cm³/mol. The SMILES string of the molecule is CSc1nnc(N=Nc2cc(OCCCS(=O)(=O)O)c(N=Nc3ccc4c(S(=O)(=O)O)c(N=Nc5c(-c6ccccc6)[nH]n(-c6cc(C(=O)O)cc(C(=O)O)c6)c5=O)ccc4c3O)cc2C)s1. The van der Waals surface area contributed by atoms with E-state index in [1.54, 1.807) is 37.3 Å². The molecule has 6 N–H and O–H groups in total. The van der Waals surface area contributed by atoms with E-state index in [9.17, 15) is 51.1 Å². The van der Waals surface area contributed by atoms with Crippen LogP contribution in [-0.2, 0) is 20.2 Å². The van der Waals surface area contributed by atoms with Crippen LogP contribution in [0.5, 0.6) is 11.5 Å². The molecule has 7 rings (SSSR count). The van der Waals surface area contributed by atoms with Crippen molar-refractivity contribution in [2.24, 2.45) is 30.7 Å². The first kappa shape index (κ1) is 47.4. The summed E-state index contributed by atoms with van der Waals surface area (Å²) in [6.45, 7) is 1.50. The smallest absolute Gasteiger partial charge is 0.335 e. The van der Waals surface area contributed by atoms with Crippen LogP contribution in [0.1, 0.15) is 32.7 Å². The predicted octanol–water partition coefficient (Wildman–Crippen LogP) is 9.12. The van der Waals surface area contributed by atoms with Crippen LogP contribution in [0.3, 0.4) is 0 Å². The number of rotatable bonds is 17. The van der Waals surface area contributed by atoms with Crippen LogP contribution < -0.4 is 10.3 Å². The molecule has 0 aliphatic carbocycles. The number of benzene rings is 5. The minimum Gasteiger partial charge on any atom is -0.505 e. The summed E-state index contributed by atoms with van der Waals surface area (Å²) in [5.41, 5.74) is -1.73. The van der Waals surface area contributed by atoms with Crippen LogP contribution in [-0.4, -0.2) is 91.8 Å². The molecule has 27 heteroatoms. The third-order valence-corrected chi connectivity index (χ3v) is 12.9. The maximum atomic E-state index is 13.9. The number of phenolic OH excluding ortho intramolecular Hbond substituents is 1. The molecule has 0 spiro atoms. The Balaban J connectivity index is 1.27. The number of nitrogens with one attached hydrogen (secondary N) is 1. The maximum absolute atomic E-state index is 13.9. The maximum Gasteiger partial charge on any atom is 0.335 e. The monoisotopic (exact) mass is 988 g/mol. The van der Waals surface area contributed by atoms with Gasteiger partial charge < -0.3 is 20.1 Å². The first-order chi connectivity index (χ1) is 31.8. The summed E-state index contributed by atoms with van der Waals surface area (Å²) in [6, 6.07) is 18.9. The van der Waals surface area contributed by atoms with E-state index in [0.29, 0.717) is 21.2 Å².